The molecule has 0 bridgehead atoms. The molecule has 0 spiro atoms. The number of nitrogens with one attached hydrogen (secondary N) is 1. The summed E-state index contributed by atoms with van der Waals surface area (Å²) < 4.78 is 20.3. The molecule has 2 aromatic carbocycles. The van der Waals surface area contributed by atoms with Crippen LogP contribution < -0.4 is 10.1 Å². The highest BCUT2D eigenvalue weighted by molar-refractivity contribution is 7.22. The maximum absolute atomic E-state index is 13.9. The molecule has 0 aliphatic rings. The Bertz CT molecular complexity index is 790. The normalized spacial score (nSPS) is 10.8. The first-order chi connectivity index (χ1) is 10.2. The zero-order chi connectivity index (χ0) is 14.8. The Morgan fingerprint density at radius 1 is 1.33 bits per heavy atom. The maximum atomic E-state index is 13.9. The van der Waals surface area contributed by atoms with Crippen LogP contribution in [0.3, 0.4) is 0 Å². The summed E-state index contributed by atoms with van der Waals surface area (Å²) in [5.74, 6) is 0.322. The fraction of sp³-hybridized carbons (Fsp3) is 0.133. The zero-order valence-corrected chi connectivity index (χ0v) is 12.8. The summed E-state index contributed by atoms with van der Waals surface area (Å²) in [5, 5.41) is 3.66. The minimum atomic E-state index is -0.478. The van der Waals surface area contributed by atoms with Gasteiger partial charge in [-0.2, -0.15) is 0 Å². The van der Waals surface area contributed by atoms with Crippen molar-refractivity contribution >= 4 is 44.0 Å². The number of benzene rings is 2. The number of nitrogens with zero attached hydrogens (tertiary/aromatic N) is 1. The van der Waals surface area contributed by atoms with Crippen molar-refractivity contribution in [1.82, 2.24) is 4.98 Å². The van der Waals surface area contributed by atoms with Crippen LogP contribution in [0.15, 0.2) is 36.4 Å². The Kier molecular flexibility index (Phi) is 3.94. The molecule has 1 aromatic heterocycles. The van der Waals surface area contributed by atoms with Crippen LogP contribution in [0.4, 0.5) is 15.2 Å². The van der Waals surface area contributed by atoms with Gasteiger partial charge in [-0.15, -0.1) is 0 Å². The largest absolute Gasteiger partial charge is 0.494 e. The van der Waals surface area contributed by atoms with E-state index < -0.39 is 5.82 Å². The number of thiazole rings is 1. The quantitative estimate of drug-likeness (QED) is 0.714. The van der Waals surface area contributed by atoms with E-state index in [4.69, 9.17) is 16.3 Å². The average Bonchev–Trinajstić information content (AvgIpc) is 2.86. The molecule has 1 heterocycles. The summed E-state index contributed by atoms with van der Waals surface area (Å²) in [7, 11) is 0. The van der Waals surface area contributed by atoms with Gasteiger partial charge in [-0.1, -0.05) is 29.0 Å². The molecular weight excluding hydrogens is 311 g/mol. The van der Waals surface area contributed by atoms with Gasteiger partial charge in [0.1, 0.15) is 5.75 Å². The van der Waals surface area contributed by atoms with E-state index in [9.17, 15) is 4.39 Å². The van der Waals surface area contributed by atoms with Crippen LogP contribution in [0.1, 0.15) is 6.92 Å². The SMILES string of the molecule is CCOc1ccc2nc(Nc3cccc(Cl)c3F)sc2c1. The van der Waals surface area contributed by atoms with Crippen LogP contribution in [0.2, 0.25) is 5.02 Å². The van der Waals surface area contributed by atoms with Crippen LogP contribution in [-0.2, 0) is 0 Å². The molecule has 0 saturated heterocycles. The van der Waals surface area contributed by atoms with E-state index in [0.717, 1.165) is 16.0 Å². The van der Waals surface area contributed by atoms with Gasteiger partial charge in [0.15, 0.2) is 10.9 Å². The smallest absolute Gasteiger partial charge is 0.188 e. The van der Waals surface area contributed by atoms with E-state index in [-0.39, 0.29) is 5.02 Å². The minimum absolute atomic E-state index is 0.0831. The van der Waals surface area contributed by atoms with Crippen LogP contribution in [-0.4, -0.2) is 11.6 Å². The molecule has 0 saturated carbocycles. The summed E-state index contributed by atoms with van der Waals surface area (Å²) >= 11 is 7.20. The topological polar surface area (TPSA) is 34.1 Å². The zero-order valence-electron chi connectivity index (χ0n) is 11.2. The van der Waals surface area contributed by atoms with Crippen molar-refractivity contribution in [2.45, 2.75) is 6.92 Å². The fourth-order valence-corrected chi connectivity index (χ4v) is 3.01. The van der Waals surface area contributed by atoms with Gasteiger partial charge in [0.25, 0.3) is 0 Å². The van der Waals surface area contributed by atoms with Gasteiger partial charge in [0.05, 0.1) is 27.5 Å². The second-order valence-electron chi connectivity index (χ2n) is 4.31. The highest BCUT2D eigenvalue weighted by Gasteiger charge is 2.10. The van der Waals surface area contributed by atoms with E-state index in [0.29, 0.717) is 17.4 Å². The molecule has 3 aromatic rings. The summed E-state index contributed by atoms with van der Waals surface area (Å²) in [4.78, 5) is 4.42. The van der Waals surface area contributed by atoms with Crippen LogP contribution >= 0.6 is 22.9 Å². The Balaban J connectivity index is 1.92. The van der Waals surface area contributed by atoms with Crippen molar-refractivity contribution in [2.24, 2.45) is 0 Å². The molecular formula is C15H12ClFN2OS. The molecule has 0 amide bonds. The third-order valence-corrected chi connectivity index (χ3v) is 4.09. The number of aromatic nitrogens is 1. The third-order valence-electron chi connectivity index (χ3n) is 2.86. The van der Waals surface area contributed by atoms with Crippen molar-refractivity contribution in [2.75, 3.05) is 11.9 Å². The van der Waals surface area contributed by atoms with E-state index in [1.807, 2.05) is 25.1 Å². The molecule has 108 valence electrons. The third kappa shape index (κ3) is 2.94. The standard InChI is InChI=1S/C15H12ClFN2OS/c1-2-20-9-6-7-11-13(8-9)21-15(18-11)19-12-5-3-4-10(16)14(12)17/h3-8H,2H2,1H3,(H,18,19). The van der Waals surface area contributed by atoms with E-state index >= 15 is 0 Å². The van der Waals surface area contributed by atoms with Crippen molar-refractivity contribution < 1.29 is 9.13 Å². The lowest BCUT2D eigenvalue weighted by Gasteiger charge is -2.04. The summed E-state index contributed by atoms with van der Waals surface area (Å²) in [6, 6.07) is 10.5. The number of rotatable bonds is 4. The summed E-state index contributed by atoms with van der Waals surface area (Å²) in [6.07, 6.45) is 0. The van der Waals surface area contributed by atoms with E-state index in [2.05, 4.69) is 10.3 Å². The summed E-state index contributed by atoms with van der Waals surface area (Å²) in [6.45, 7) is 2.55. The first kappa shape index (κ1) is 14.1. The first-order valence-electron chi connectivity index (χ1n) is 6.42. The average molecular weight is 323 g/mol. The van der Waals surface area contributed by atoms with Crippen LogP contribution in [0.25, 0.3) is 10.2 Å². The lowest BCUT2D eigenvalue weighted by molar-refractivity contribution is 0.341. The molecule has 0 unspecified atom stereocenters. The van der Waals surface area contributed by atoms with Crippen molar-refractivity contribution in [1.29, 1.82) is 0 Å². The highest BCUT2D eigenvalue weighted by atomic mass is 35.5. The molecule has 3 rings (SSSR count). The Morgan fingerprint density at radius 3 is 3.00 bits per heavy atom. The molecule has 3 nitrogen and oxygen atoms in total. The van der Waals surface area contributed by atoms with Gasteiger partial charge in [-0.25, -0.2) is 9.37 Å². The number of halogens is 2. The maximum Gasteiger partial charge on any atom is 0.188 e. The molecule has 0 aliphatic carbocycles. The molecule has 0 fully saturated rings. The fourth-order valence-electron chi connectivity index (χ4n) is 1.93. The van der Waals surface area contributed by atoms with Crippen LogP contribution in [0, 0.1) is 5.82 Å². The summed E-state index contributed by atoms with van der Waals surface area (Å²) in [5.41, 5.74) is 1.15. The van der Waals surface area contributed by atoms with E-state index in [1.165, 1.54) is 17.4 Å². The van der Waals surface area contributed by atoms with Gasteiger partial charge in [-0.05, 0) is 37.3 Å². The van der Waals surface area contributed by atoms with Gasteiger partial charge in [0.2, 0.25) is 0 Å². The second-order valence-corrected chi connectivity index (χ2v) is 5.75. The predicted molar refractivity (Wildman–Crippen MR) is 85.5 cm³/mol. The molecule has 6 heteroatoms. The Labute approximate surface area is 130 Å². The highest BCUT2D eigenvalue weighted by Crippen LogP contribution is 2.32. The molecule has 21 heavy (non-hydrogen) atoms. The Hall–Kier alpha value is -1.85. The van der Waals surface area contributed by atoms with Gasteiger partial charge in [-0.3, -0.25) is 0 Å². The van der Waals surface area contributed by atoms with Gasteiger partial charge >= 0.3 is 0 Å². The molecule has 1 N–H and O–H groups in total. The molecule has 0 aliphatic heterocycles. The monoisotopic (exact) mass is 322 g/mol. The number of anilines is 2. The van der Waals surface area contributed by atoms with Crippen LogP contribution in [0.5, 0.6) is 5.75 Å². The van der Waals surface area contributed by atoms with Crippen molar-refractivity contribution in [3.05, 3.63) is 47.2 Å². The van der Waals surface area contributed by atoms with Gasteiger partial charge < -0.3 is 10.1 Å². The number of hydrogen-bond donors (Lipinski definition) is 1. The van der Waals surface area contributed by atoms with E-state index in [1.54, 1.807) is 12.1 Å². The second kappa shape index (κ2) is 5.87. The predicted octanol–water partition coefficient (Wildman–Crippen LogP) is 5.23. The first-order valence-corrected chi connectivity index (χ1v) is 7.61. The van der Waals surface area contributed by atoms with Gasteiger partial charge in [0, 0.05) is 0 Å². The number of ether oxygens (including phenoxy) is 1. The van der Waals surface area contributed by atoms with Crippen molar-refractivity contribution in [3.8, 4) is 5.75 Å². The number of fused-ring (bicyclic) bond motifs is 1. The lowest BCUT2D eigenvalue weighted by atomic mass is 10.3. The van der Waals surface area contributed by atoms with Crippen molar-refractivity contribution in [3.63, 3.8) is 0 Å². The number of hydrogen-bond acceptors (Lipinski definition) is 4. The molecule has 0 radical (unpaired) electrons. The minimum Gasteiger partial charge on any atom is -0.494 e. The Morgan fingerprint density at radius 2 is 2.19 bits per heavy atom. The lowest BCUT2D eigenvalue weighted by Crippen LogP contribution is -1.93. The molecule has 0 atom stereocenters.